The van der Waals surface area contributed by atoms with Crippen LogP contribution in [0.1, 0.15) is 58.8 Å². The number of nitriles is 2. The molecule has 1 aliphatic heterocycles. The minimum atomic E-state index is 0.102. The summed E-state index contributed by atoms with van der Waals surface area (Å²) < 4.78 is 0. The molecule has 1 saturated heterocycles. The molecule has 0 aromatic carbocycles. The number of carbonyl (C=O) groups excluding carboxylic acids is 1. The highest BCUT2D eigenvalue weighted by atomic mass is 16.1. The zero-order valence-electron chi connectivity index (χ0n) is 14.6. The second-order valence-corrected chi connectivity index (χ2v) is 5.23. The van der Waals surface area contributed by atoms with Crippen molar-refractivity contribution in [3.63, 3.8) is 0 Å². The van der Waals surface area contributed by atoms with Gasteiger partial charge in [0, 0.05) is 24.5 Å². The number of aldehydes is 1. The fourth-order valence-corrected chi connectivity index (χ4v) is 1.96. The molecule has 23 heavy (non-hydrogen) atoms. The number of nitrogens with one attached hydrogen (secondary N) is 1. The zero-order chi connectivity index (χ0) is 17.8. The van der Waals surface area contributed by atoms with Gasteiger partial charge in [0.25, 0.3) is 0 Å². The fourth-order valence-electron chi connectivity index (χ4n) is 1.96. The molecule has 0 radical (unpaired) electrons. The van der Waals surface area contributed by atoms with Crippen molar-refractivity contribution >= 4 is 6.29 Å². The molecule has 0 spiro atoms. The van der Waals surface area contributed by atoms with Crippen LogP contribution in [-0.2, 0) is 4.79 Å². The van der Waals surface area contributed by atoms with Crippen LogP contribution in [0.2, 0.25) is 0 Å². The van der Waals surface area contributed by atoms with Crippen molar-refractivity contribution in [1.82, 2.24) is 5.32 Å². The summed E-state index contributed by atoms with van der Waals surface area (Å²) in [7, 11) is 0. The van der Waals surface area contributed by atoms with E-state index in [1.165, 1.54) is 31.9 Å². The first-order chi connectivity index (χ1) is 11.2. The Morgan fingerprint density at radius 2 is 2.04 bits per heavy atom. The van der Waals surface area contributed by atoms with Gasteiger partial charge in [-0.25, -0.2) is 0 Å². The molecule has 1 fully saturated rings. The first-order valence-electron chi connectivity index (χ1n) is 8.42. The predicted octanol–water partition coefficient (Wildman–Crippen LogP) is 4.31. The minimum absolute atomic E-state index is 0.102. The lowest BCUT2D eigenvalue weighted by Gasteiger charge is -2.19. The molecule has 1 N–H and O–H groups in total. The van der Waals surface area contributed by atoms with Gasteiger partial charge in [-0.15, -0.1) is 0 Å². The van der Waals surface area contributed by atoms with Gasteiger partial charge in [0.05, 0.1) is 12.1 Å². The number of carbonyl (C=O) groups is 1. The van der Waals surface area contributed by atoms with E-state index in [-0.39, 0.29) is 5.92 Å². The Bertz CT molecular complexity index is 384. The maximum Gasteiger partial charge on any atom is 0.123 e. The van der Waals surface area contributed by atoms with E-state index in [1.807, 2.05) is 13.0 Å². The molecule has 1 rings (SSSR count). The van der Waals surface area contributed by atoms with Gasteiger partial charge in [0.1, 0.15) is 6.29 Å². The highest BCUT2D eigenvalue weighted by Gasteiger charge is 2.07. The van der Waals surface area contributed by atoms with Gasteiger partial charge in [-0.1, -0.05) is 39.0 Å². The van der Waals surface area contributed by atoms with Gasteiger partial charge in [0.2, 0.25) is 0 Å². The third-order valence-electron chi connectivity index (χ3n) is 3.39. The Kier molecular flexibility index (Phi) is 20.4. The molecule has 2 unspecified atom stereocenters. The summed E-state index contributed by atoms with van der Waals surface area (Å²) in [5.41, 5.74) is 0. The van der Waals surface area contributed by atoms with E-state index in [9.17, 15) is 4.79 Å². The molecule has 0 aromatic rings. The molecule has 0 bridgehead atoms. The molecule has 1 aliphatic rings. The van der Waals surface area contributed by atoms with Gasteiger partial charge in [-0.05, 0) is 38.6 Å². The predicted molar refractivity (Wildman–Crippen MR) is 95.6 cm³/mol. The second-order valence-electron chi connectivity index (χ2n) is 5.23. The van der Waals surface area contributed by atoms with Crippen LogP contribution in [0, 0.1) is 28.6 Å². The van der Waals surface area contributed by atoms with Crippen molar-refractivity contribution in [2.75, 3.05) is 6.54 Å². The van der Waals surface area contributed by atoms with Gasteiger partial charge in [-0.3, -0.25) is 0 Å². The van der Waals surface area contributed by atoms with Crippen molar-refractivity contribution in [1.29, 1.82) is 10.5 Å². The maximum atomic E-state index is 10.1. The van der Waals surface area contributed by atoms with Crippen molar-refractivity contribution in [2.24, 2.45) is 5.92 Å². The first-order valence-corrected chi connectivity index (χ1v) is 8.42. The summed E-state index contributed by atoms with van der Waals surface area (Å²) >= 11 is 0. The number of rotatable bonds is 6. The Balaban J connectivity index is 0. The molecule has 0 amide bonds. The number of allylic oxidation sites excluding steroid dienone is 2. The van der Waals surface area contributed by atoms with E-state index in [0.717, 1.165) is 25.5 Å². The Morgan fingerprint density at radius 3 is 2.43 bits per heavy atom. The fraction of sp³-hybridized carbons (Fsp3) is 0.632. The molecular formula is C19H31N3O. The SMILES string of the molecule is C=CC#N.CC/C=C/C1CCCCN1.CCC(C=O)CCC#N. The van der Waals surface area contributed by atoms with E-state index in [0.29, 0.717) is 12.5 Å². The molecule has 4 nitrogen and oxygen atoms in total. The Labute approximate surface area is 141 Å². The van der Waals surface area contributed by atoms with Crippen LogP contribution in [0.4, 0.5) is 0 Å². The van der Waals surface area contributed by atoms with E-state index in [4.69, 9.17) is 10.5 Å². The van der Waals surface area contributed by atoms with E-state index >= 15 is 0 Å². The molecule has 2 atom stereocenters. The normalized spacial score (nSPS) is 17.3. The lowest BCUT2D eigenvalue weighted by Crippen LogP contribution is -2.32. The quantitative estimate of drug-likeness (QED) is 0.450. The van der Waals surface area contributed by atoms with Crippen LogP contribution in [0.5, 0.6) is 0 Å². The van der Waals surface area contributed by atoms with Gasteiger partial charge in [0.15, 0.2) is 0 Å². The minimum Gasteiger partial charge on any atom is -0.311 e. The number of hydrogen-bond acceptors (Lipinski definition) is 4. The Morgan fingerprint density at radius 1 is 1.35 bits per heavy atom. The first kappa shape index (κ1) is 23.4. The van der Waals surface area contributed by atoms with E-state index < -0.39 is 0 Å². The zero-order valence-corrected chi connectivity index (χ0v) is 14.6. The number of piperidine rings is 1. The topological polar surface area (TPSA) is 76.7 Å². The lowest BCUT2D eigenvalue weighted by atomic mass is 10.0. The van der Waals surface area contributed by atoms with Crippen LogP contribution in [0.3, 0.4) is 0 Å². The average Bonchev–Trinajstić information content (AvgIpc) is 2.62. The highest BCUT2D eigenvalue weighted by molar-refractivity contribution is 5.53. The third-order valence-corrected chi connectivity index (χ3v) is 3.39. The summed E-state index contributed by atoms with van der Waals surface area (Å²) in [6.07, 6.45) is 14.0. The molecule has 0 aromatic heterocycles. The average molecular weight is 317 g/mol. The molecule has 128 valence electrons. The largest absolute Gasteiger partial charge is 0.311 e. The van der Waals surface area contributed by atoms with Crippen LogP contribution in [0.15, 0.2) is 24.8 Å². The number of hydrogen-bond donors (Lipinski definition) is 1. The highest BCUT2D eigenvalue weighted by Crippen LogP contribution is 2.07. The molecule has 0 aliphatic carbocycles. The van der Waals surface area contributed by atoms with E-state index in [2.05, 4.69) is 31.0 Å². The summed E-state index contributed by atoms with van der Waals surface area (Å²) in [6.45, 7) is 8.46. The molecular weight excluding hydrogens is 286 g/mol. The number of nitrogens with zero attached hydrogens (tertiary/aromatic N) is 2. The van der Waals surface area contributed by atoms with Gasteiger partial charge in [-0.2, -0.15) is 10.5 Å². The van der Waals surface area contributed by atoms with Crippen molar-refractivity contribution in [2.45, 2.75) is 64.8 Å². The summed E-state index contributed by atoms with van der Waals surface area (Å²) in [5, 5.41) is 19.1. The molecule has 4 heteroatoms. The molecule has 0 saturated carbocycles. The monoisotopic (exact) mass is 317 g/mol. The standard InChI is InChI=1S/C9H17N.C7H11NO.C3H3N/c1-2-3-6-9-7-4-5-8-10-9;1-2-7(6-9)4-3-5-8;1-2-3-4/h3,6,9-10H,2,4-5,7-8H2,1H3;6-7H,2-4H2,1H3;2H,1H2/b6-3+;;. The molecule has 1 heterocycles. The van der Waals surface area contributed by atoms with E-state index in [1.54, 1.807) is 6.07 Å². The summed E-state index contributed by atoms with van der Waals surface area (Å²) in [6, 6.07) is 4.38. The van der Waals surface area contributed by atoms with Crippen LogP contribution >= 0.6 is 0 Å². The van der Waals surface area contributed by atoms with Gasteiger partial charge < -0.3 is 10.1 Å². The smallest absolute Gasteiger partial charge is 0.123 e. The maximum absolute atomic E-state index is 10.1. The van der Waals surface area contributed by atoms with Crippen LogP contribution in [0.25, 0.3) is 0 Å². The van der Waals surface area contributed by atoms with Crippen molar-refractivity contribution < 1.29 is 4.79 Å². The second kappa shape index (κ2) is 20.1. The van der Waals surface area contributed by atoms with Crippen LogP contribution in [-0.4, -0.2) is 18.9 Å². The van der Waals surface area contributed by atoms with Crippen LogP contribution < -0.4 is 5.32 Å². The lowest BCUT2D eigenvalue weighted by molar-refractivity contribution is -0.111. The summed E-state index contributed by atoms with van der Waals surface area (Å²) in [5.74, 6) is 0.102. The van der Waals surface area contributed by atoms with Crippen molar-refractivity contribution in [3.8, 4) is 12.1 Å². The van der Waals surface area contributed by atoms with Crippen molar-refractivity contribution in [3.05, 3.63) is 24.8 Å². The summed E-state index contributed by atoms with van der Waals surface area (Å²) in [4.78, 5) is 10.1. The van der Waals surface area contributed by atoms with Gasteiger partial charge >= 0.3 is 0 Å². The Hall–Kier alpha value is -1.91. The third kappa shape index (κ3) is 18.0.